The van der Waals surface area contributed by atoms with Gasteiger partial charge in [0.25, 0.3) is 0 Å². The van der Waals surface area contributed by atoms with E-state index in [1.54, 1.807) is 4.68 Å². The Morgan fingerprint density at radius 2 is 1.96 bits per heavy atom. The number of aryl methyl sites for hydroxylation is 1. The molecule has 1 aliphatic rings. The lowest BCUT2D eigenvalue weighted by Crippen LogP contribution is -2.41. The molecule has 1 saturated carbocycles. The van der Waals surface area contributed by atoms with Crippen LogP contribution in [-0.4, -0.2) is 28.4 Å². The lowest BCUT2D eigenvalue weighted by Gasteiger charge is -2.13. The summed E-state index contributed by atoms with van der Waals surface area (Å²) in [4.78, 5) is 11.8. The van der Waals surface area contributed by atoms with Crippen molar-refractivity contribution in [2.75, 3.05) is 6.54 Å². The van der Waals surface area contributed by atoms with E-state index in [2.05, 4.69) is 40.0 Å². The van der Waals surface area contributed by atoms with Gasteiger partial charge in [-0.2, -0.15) is 5.10 Å². The summed E-state index contributed by atoms with van der Waals surface area (Å²) in [5.74, 6) is 0. The van der Waals surface area contributed by atoms with Gasteiger partial charge in [0, 0.05) is 31.4 Å². The molecule has 0 atom stereocenters. The van der Waals surface area contributed by atoms with E-state index in [1.807, 2.05) is 19.4 Å². The third-order valence-electron chi connectivity index (χ3n) is 4.38. The normalized spacial score (nSPS) is 14.8. The first-order valence-electron chi connectivity index (χ1n) is 8.33. The Labute approximate surface area is 137 Å². The van der Waals surface area contributed by atoms with E-state index in [9.17, 15) is 4.79 Å². The molecule has 0 aliphatic heterocycles. The van der Waals surface area contributed by atoms with E-state index in [0.717, 1.165) is 30.4 Å². The number of hydrogen-bond donors (Lipinski definition) is 2. The number of aromatic nitrogens is 2. The van der Waals surface area contributed by atoms with Crippen molar-refractivity contribution in [3.8, 4) is 11.1 Å². The topological polar surface area (TPSA) is 59.0 Å². The van der Waals surface area contributed by atoms with Crippen LogP contribution in [0, 0.1) is 0 Å². The van der Waals surface area contributed by atoms with Gasteiger partial charge in [-0.3, -0.25) is 4.68 Å². The van der Waals surface area contributed by atoms with Crippen LogP contribution in [0.2, 0.25) is 0 Å². The summed E-state index contributed by atoms with van der Waals surface area (Å²) in [6.07, 6.45) is 9.40. The monoisotopic (exact) mass is 312 g/mol. The van der Waals surface area contributed by atoms with Crippen molar-refractivity contribution < 1.29 is 4.79 Å². The van der Waals surface area contributed by atoms with Crippen molar-refractivity contribution in [2.45, 2.75) is 38.1 Å². The summed E-state index contributed by atoms with van der Waals surface area (Å²) in [6.45, 7) is 0.658. The molecule has 0 radical (unpaired) electrons. The van der Waals surface area contributed by atoms with Crippen LogP contribution in [0.4, 0.5) is 4.79 Å². The van der Waals surface area contributed by atoms with Crippen molar-refractivity contribution in [3.63, 3.8) is 0 Å². The quantitative estimate of drug-likeness (QED) is 0.892. The third-order valence-corrected chi connectivity index (χ3v) is 4.38. The summed E-state index contributed by atoms with van der Waals surface area (Å²) in [7, 11) is 1.92. The van der Waals surface area contributed by atoms with Gasteiger partial charge in [0.15, 0.2) is 0 Å². The first-order valence-corrected chi connectivity index (χ1v) is 8.33. The molecule has 1 heterocycles. The highest BCUT2D eigenvalue weighted by Crippen LogP contribution is 2.19. The van der Waals surface area contributed by atoms with Crippen LogP contribution in [0.1, 0.15) is 31.2 Å². The average molecular weight is 312 g/mol. The Morgan fingerprint density at radius 3 is 2.61 bits per heavy atom. The van der Waals surface area contributed by atoms with Crippen LogP contribution in [0.25, 0.3) is 11.1 Å². The number of nitrogens with one attached hydrogen (secondary N) is 2. The van der Waals surface area contributed by atoms with Gasteiger partial charge in [0.05, 0.1) is 6.20 Å². The van der Waals surface area contributed by atoms with Crippen LogP contribution in [0.5, 0.6) is 0 Å². The fourth-order valence-corrected chi connectivity index (χ4v) is 3.06. The average Bonchev–Trinajstić information content (AvgIpc) is 3.20. The van der Waals surface area contributed by atoms with Gasteiger partial charge in [-0.05, 0) is 30.4 Å². The van der Waals surface area contributed by atoms with Gasteiger partial charge in [-0.25, -0.2) is 4.79 Å². The van der Waals surface area contributed by atoms with Gasteiger partial charge in [0.2, 0.25) is 0 Å². The molecule has 23 heavy (non-hydrogen) atoms. The maximum atomic E-state index is 11.8. The summed E-state index contributed by atoms with van der Waals surface area (Å²) in [5.41, 5.74) is 3.50. The van der Waals surface area contributed by atoms with Gasteiger partial charge in [-0.15, -0.1) is 0 Å². The van der Waals surface area contributed by atoms with Crippen LogP contribution < -0.4 is 10.6 Å². The summed E-state index contributed by atoms with van der Waals surface area (Å²) < 4.78 is 1.80. The summed E-state index contributed by atoms with van der Waals surface area (Å²) in [6, 6.07) is 8.76. The Morgan fingerprint density at radius 1 is 1.22 bits per heavy atom. The zero-order valence-electron chi connectivity index (χ0n) is 13.6. The van der Waals surface area contributed by atoms with Crippen LogP contribution in [-0.2, 0) is 13.5 Å². The van der Waals surface area contributed by atoms with Gasteiger partial charge >= 0.3 is 6.03 Å². The minimum atomic E-state index is -0.0381. The predicted molar refractivity (Wildman–Crippen MR) is 91.1 cm³/mol. The molecule has 1 aromatic heterocycles. The molecule has 0 unspecified atom stereocenters. The van der Waals surface area contributed by atoms with Crippen molar-refractivity contribution in [2.24, 2.45) is 7.05 Å². The predicted octanol–water partition coefficient (Wildman–Crippen LogP) is 2.87. The maximum Gasteiger partial charge on any atom is 0.315 e. The van der Waals surface area contributed by atoms with Crippen LogP contribution >= 0.6 is 0 Å². The van der Waals surface area contributed by atoms with Crippen molar-refractivity contribution in [1.29, 1.82) is 0 Å². The number of benzene rings is 1. The number of hydrogen-bond acceptors (Lipinski definition) is 2. The fourth-order valence-electron chi connectivity index (χ4n) is 3.06. The zero-order valence-corrected chi connectivity index (χ0v) is 13.6. The van der Waals surface area contributed by atoms with E-state index < -0.39 is 0 Å². The van der Waals surface area contributed by atoms with E-state index in [0.29, 0.717) is 12.6 Å². The van der Waals surface area contributed by atoms with Crippen LogP contribution in [0.15, 0.2) is 36.7 Å². The van der Waals surface area contributed by atoms with E-state index >= 15 is 0 Å². The van der Waals surface area contributed by atoms with E-state index in [1.165, 1.54) is 18.4 Å². The number of carbonyl (C=O) groups excluding carboxylic acids is 1. The first kappa shape index (κ1) is 15.6. The second-order valence-corrected chi connectivity index (χ2v) is 6.23. The minimum Gasteiger partial charge on any atom is -0.338 e. The Bertz CT molecular complexity index is 641. The molecule has 1 aliphatic carbocycles. The largest absolute Gasteiger partial charge is 0.338 e. The lowest BCUT2D eigenvalue weighted by atomic mass is 10.1. The highest BCUT2D eigenvalue weighted by molar-refractivity contribution is 5.74. The summed E-state index contributed by atoms with van der Waals surface area (Å²) in [5, 5.41) is 10.2. The molecule has 2 N–H and O–H groups in total. The molecule has 1 fully saturated rings. The van der Waals surface area contributed by atoms with E-state index in [4.69, 9.17) is 0 Å². The number of nitrogens with zero attached hydrogens (tertiary/aromatic N) is 2. The molecule has 0 saturated heterocycles. The first-order chi connectivity index (χ1) is 11.2. The smallest absolute Gasteiger partial charge is 0.315 e. The molecule has 0 spiro atoms. The SMILES string of the molecule is Cn1cc(-c2ccc(CCNC(=O)NC3CCCC3)cc2)cn1. The molecule has 2 aromatic rings. The molecular weight excluding hydrogens is 288 g/mol. The molecule has 3 rings (SSSR count). The summed E-state index contributed by atoms with van der Waals surface area (Å²) >= 11 is 0. The standard InChI is InChI=1S/C18H24N4O/c1-22-13-16(12-20-22)15-8-6-14(7-9-15)10-11-19-18(23)21-17-4-2-3-5-17/h6-9,12-13,17H,2-5,10-11H2,1H3,(H2,19,21,23). The number of amides is 2. The molecule has 5 heteroatoms. The van der Waals surface area contributed by atoms with Crippen LogP contribution in [0.3, 0.4) is 0 Å². The molecule has 0 bridgehead atoms. The van der Waals surface area contributed by atoms with E-state index in [-0.39, 0.29) is 6.03 Å². The molecule has 2 amide bonds. The van der Waals surface area contributed by atoms with Crippen molar-refractivity contribution >= 4 is 6.03 Å². The van der Waals surface area contributed by atoms with Gasteiger partial charge in [-0.1, -0.05) is 37.1 Å². The Kier molecular flexibility index (Phi) is 4.95. The number of carbonyl (C=O) groups is 1. The second kappa shape index (κ2) is 7.31. The number of urea groups is 1. The lowest BCUT2D eigenvalue weighted by molar-refractivity contribution is 0.237. The molecule has 1 aromatic carbocycles. The number of rotatable bonds is 5. The Balaban J connectivity index is 1.44. The molecular formula is C18H24N4O. The van der Waals surface area contributed by atoms with Crippen molar-refractivity contribution in [3.05, 3.63) is 42.2 Å². The molecule has 5 nitrogen and oxygen atoms in total. The minimum absolute atomic E-state index is 0.0381. The fraction of sp³-hybridized carbons (Fsp3) is 0.444. The second-order valence-electron chi connectivity index (χ2n) is 6.23. The zero-order chi connectivity index (χ0) is 16.1. The van der Waals surface area contributed by atoms with Gasteiger partial charge in [0.1, 0.15) is 0 Å². The Hall–Kier alpha value is -2.30. The maximum absolute atomic E-state index is 11.8. The molecule has 122 valence electrons. The highest BCUT2D eigenvalue weighted by atomic mass is 16.2. The van der Waals surface area contributed by atoms with Gasteiger partial charge < -0.3 is 10.6 Å². The van der Waals surface area contributed by atoms with Crippen molar-refractivity contribution in [1.82, 2.24) is 20.4 Å². The third kappa shape index (κ3) is 4.34. The highest BCUT2D eigenvalue weighted by Gasteiger charge is 2.16.